The Balaban J connectivity index is 1.60. The molecule has 2 aromatic carbocycles. The molecular formula is C29H31NO5S. The zero-order valence-electron chi connectivity index (χ0n) is 20.9. The second-order valence-corrected chi connectivity index (χ2v) is 9.50. The molecule has 0 saturated carbocycles. The molecule has 1 unspecified atom stereocenters. The molecule has 0 aliphatic carbocycles. The number of carbonyl (C=O) groups excluding carboxylic acids is 2. The molecule has 1 aliphatic heterocycles. The van der Waals surface area contributed by atoms with E-state index < -0.39 is 0 Å². The van der Waals surface area contributed by atoms with Crippen LogP contribution < -0.4 is 9.64 Å². The Morgan fingerprint density at radius 1 is 1.08 bits per heavy atom. The molecule has 36 heavy (non-hydrogen) atoms. The normalized spacial score (nSPS) is 13.9. The summed E-state index contributed by atoms with van der Waals surface area (Å²) < 4.78 is 16.5. The second-order valence-electron chi connectivity index (χ2n) is 8.55. The van der Waals surface area contributed by atoms with Crippen molar-refractivity contribution in [3.63, 3.8) is 0 Å². The topological polar surface area (TPSA) is 65.1 Å². The summed E-state index contributed by atoms with van der Waals surface area (Å²) >= 11 is 1.41. The smallest absolute Gasteiger partial charge is 0.333 e. The third-order valence-corrected chi connectivity index (χ3v) is 6.88. The first-order valence-corrected chi connectivity index (χ1v) is 13.0. The summed E-state index contributed by atoms with van der Waals surface area (Å²) in [6.45, 7) is 5.10. The van der Waals surface area contributed by atoms with Crippen LogP contribution >= 0.6 is 11.3 Å². The Hall–Kier alpha value is -3.42. The molecule has 0 N–H and O–H groups in total. The standard InChI is InChI=1S/C29H31NO5S/c1-4-5-16-34-20(2)35-25-11-8-21(9-12-25)22-10-13-26-24(18-22)19-23(29(32)33-3)14-15-30(26)28(31)27-7-6-17-36-27/h6-13,17-20H,4-5,14-16H2,1-3H3. The van der Waals surface area contributed by atoms with Gasteiger partial charge in [0.2, 0.25) is 0 Å². The van der Waals surface area contributed by atoms with Gasteiger partial charge in [0, 0.05) is 12.1 Å². The van der Waals surface area contributed by atoms with Gasteiger partial charge in [-0.15, -0.1) is 11.3 Å². The fraction of sp³-hybridized carbons (Fsp3) is 0.310. The molecule has 1 atom stereocenters. The molecule has 2 heterocycles. The number of benzene rings is 2. The minimum absolute atomic E-state index is 0.0738. The number of hydrogen-bond acceptors (Lipinski definition) is 6. The number of amides is 1. The number of carbonyl (C=O) groups is 2. The van der Waals surface area contributed by atoms with Crippen LogP contribution in [0.4, 0.5) is 5.69 Å². The van der Waals surface area contributed by atoms with Crippen molar-refractivity contribution in [2.45, 2.75) is 39.4 Å². The fourth-order valence-electron chi connectivity index (χ4n) is 4.09. The summed E-state index contributed by atoms with van der Waals surface area (Å²) in [7, 11) is 1.37. The van der Waals surface area contributed by atoms with Gasteiger partial charge in [-0.1, -0.05) is 37.6 Å². The van der Waals surface area contributed by atoms with Crippen LogP contribution in [0.3, 0.4) is 0 Å². The first-order chi connectivity index (χ1) is 17.5. The quantitative estimate of drug-likeness (QED) is 0.187. The molecule has 0 radical (unpaired) electrons. The molecule has 0 saturated heterocycles. The Kier molecular flexibility index (Phi) is 8.57. The summed E-state index contributed by atoms with van der Waals surface area (Å²) in [5.41, 5.74) is 4.08. The Morgan fingerprint density at radius 2 is 1.86 bits per heavy atom. The van der Waals surface area contributed by atoms with E-state index >= 15 is 0 Å². The van der Waals surface area contributed by atoms with E-state index in [1.807, 2.05) is 73.0 Å². The number of fused-ring (bicyclic) bond motifs is 1. The van der Waals surface area contributed by atoms with E-state index in [4.69, 9.17) is 14.2 Å². The predicted molar refractivity (Wildman–Crippen MR) is 143 cm³/mol. The predicted octanol–water partition coefficient (Wildman–Crippen LogP) is 6.56. The maximum Gasteiger partial charge on any atom is 0.333 e. The maximum atomic E-state index is 13.3. The highest BCUT2D eigenvalue weighted by Crippen LogP contribution is 2.34. The van der Waals surface area contributed by atoms with Gasteiger partial charge >= 0.3 is 5.97 Å². The summed E-state index contributed by atoms with van der Waals surface area (Å²) in [6.07, 6.45) is 4.02. The number of thiophene rings is 1. The van der Waals surface area contributed by atoms with Crippen molar-refractivity contribution in [3.05, 3.63) is 76.0 Å². The van der Waals surface area contributed by atoms with E-state index in [1.54, 1.807) is 4.90 Å². The Bertz CT molecular complexity index is 1220. The zero-order chi connectivity index (χ0) is 25.5. The van der Waals surface area contributed by atoms with E-state index in [0.29, 0.717) is 30.0 Å². The van der Waals surface area contributed by atoms with Crippen LogP contribution in [0.1, 0.15) is 48.3 Å². The maximum absolute atomic E-state index is 13.3. The largest absolute Gasteiger partial charge is 0.466 e. The van der Waals surface area contributed by atoms with Gasteiger partial charge in [0.1, 0.15) is 5.75 Å². The highest BCUT2D eigenvalue weighted by Gasteiger charge is 2.25. The average molecular weight is 506 g/mol. The molecule has 0 spiro atoms. The van der Waals surface area contributed by atoms with Crippen LogP contribution in [0.5, 0.6) is 5.75 Å². The lowest BCUT2D eigenvalue weighted by atomic mass is 10.00. The van der Waals surface area contributed by atoms with Crippen LogP contribution in [-0.2, 0) is 14.3 Å². The van der Waals surface area contributed by atoms with Gasteiger partial charge in [-0.3, -0.25) is 4.79 Å². The molecule has 188 valence electrons. The number of methoxy groups -OCH3 is 1. The molecule has 7 heteroatoms. The number of unbranched alkanes of at least 4 members (excludes halogenated alkanes) is 1. The number of nitrogens with zero attached hydrogens (tertiary/aromatic N) is 1. The van der Waals surface area contributed by atoms with Crippen LogP contribution in [-0.4, -0.2) is 38.4 Å². The van der Waals surface area contributed by atoms with E-state index in [1.165, 1.54) is 18.4 Å². The Morgan fingerprint density at radius 3 is 2.56 bits per heavy atom. The molecule has 0 fully saturated rings. The molecule has 1 amide bonds. The van der Waals surface area contributed by atoms with Gasteiger partial charge < -0.3 is 19.1 Å². The van der Waals surface area contributed by atoms with Gasteiger partial charge in [0.15, 0.2) is 6.29 Å². The second kappa shape index (κ2) is 12.0. The van der Waals surface area contributed by atoms with E-state index in [-0.39, 0.29) is 18.2 Å². The molecule has 3 aromatic rings. The molecule has 6 nitrogen and oxygen atoms in total. The van der Waals surface area contributed by atoms with E-state index in [0.717, 1.165) is 41.0 Å². The molecule has 0 bridgehead atoms. The van der Waals surface area contributed by atoms with Gasteiger partial charge in [-0.05, 0) is 78.2 Å². The summed E-state index contributed by atoms with van der Waals surface area (Å²) in [4.78, 5) is 28.0. The number of esters is 1. The minimum atomic E-state index is -0.381. The van der Waals surface area contributed by atoms with Crippen LogP contribution in [0.15, 0.2) is 65.6 Å². The van der Waals surface area contributed by atoms with Crippen LogP contribution in [0.25, 0.3) is 17.2 Å². The van der Waals surface area contributed by atoms with Crippen molar-refractivity contribution in [3.8, 4) is 16.9 Å². The lowest BCUT2D eigenvalue weighted by Crippen LogP contribution is -2.31. The number of ether oxygens (including phenoxy) is 3. The summed E-state index contributed by atoms with van der Waals surface area (Å²) in [6, 6.07) is 17.5. The van der Waals surface area contributed by atoms with Crippen molar-refractivity contribution in [1.29, 1.82) is 0 Å². The SMILES string of the molecule is CCCCOC(C)Oc1ccc(-c2ccc3c(c2)C=C(C(=O)OC)CCN3C(=O)c2cccs2)cc1. The molecule has 1 aliphatic rings. The summed E-state index contributed by atoms with van der Waals surface area (Å²) in [5.74, 6) is 0.280. The van der Waals surface area contributed by atoms with Crippen molar-refractivity contribution >= 4 is 35.0 Å². The van der Waals surface area contributed by atoms with Crippen molar-refractivity contribution < 1.29 is 23.8 Å². The van der Waals surface area contributed by atoms with Crippen LogP contribution in [0.2, 0.25) is 0 Å². The van der Waals surface area contributed by atoms with Crippen molar-refractivity contribution in [2.24, 2.45) is 0 Å². The van der Waals surface area contributed by atoms with Gasteiger partial charge in [-0.2, -0.15) is 0 Å². The average Bonchev–Trinajstić information content (AvgIpc) is 3.36. The highest BCUT2D eigenvalue weighted by molar-refractivity contribution is 7.12. The monoisotopic (exact) mass is 505 g/mol. The third-order valence-electron chi connectivity index (χ3n) is 6.02. The van der Waals surface area contributed by atoms with Gasteiger partial charge in [-0.25, -0.2) is 4.79 Å². The summed E-state index contributed by atoms with van der Waals surface area (Å²) in [5, 5.41) is 1.89. The molecule has 1 aromatic heterocycles. The first-order valence-electron chi connectivity index (χ1n) is 12.2. The first kappa shape index (κ1) is 25.7. The molecular weight excluding hydrogens is 474 g/mol. The fourth-order valence-corrected chi connectivity index (χ4v) is 4.76. The number of rotatable bonds is 9. The lowest BCUT2D eigenvalue weighted by molar-refractivity contribution is -0.136. The Labute approximate surface area is 216 Å². The van der Waals surface area contributed by atoms with Gasteiger partial charge in [0.05, 0.1) is 24.3 Å². The molecule has 4 rings (SSSR count). The minimum Gasteiger partial charge on any atom is -0.466 e. The third kappa shape index (κ3) is 6.04. The van der Waals surface area contributed by atoms with Crippen molar-refractivity contribution in [2.75, 3.05) is 25.2 Å². The highest BCUT2D eigenvalue weighted by atomic mass is 32.1. The number of hydrogen-bond donors (Lipinski definition) is 0. The van der Waals surface area contributed by atoms with Gasteiger partial charge in [0.25, 0.3) is 5.91 Å². The van der Waals surface area contributed by atoms with Crippen molar-refractivity contribution in [1.82, 2.24) is 0 Å². The van der Waals surface area contributed by atoms with E-state index in [9.17, 15) is 9.59 Å². The van der Waals surface area contributed by atoms with Crippen LogP contribution in [0, 0.1) is 0 Å². The lowest BCUT2D eigenvalue weighted by Gasteiger charge is -2.23. The number of anilines is 1. The van der Waals surface area contributed by atoms with E-state index in [2.05, 4.69) is 6.92 Å². The zero-order valence-corrected chi connectivity index (χ0v) is 21.7.